The van der Waals surface area contributed by atoms with Gasteiger partial charge in [-0.3, -0.25) is 0 Å². The monoisotopic (exact) mass is 420 g/mol. The Labute approximate surface area is 179 Å². The van der Waals surface area contributed by atoms with E-state index in [0.29, 0.717) is 34.9 Å². The molecule has 0 spiro atoms. The average molecular weight is 421 g/mol. The highest BCUT2D eigenvalue weighted by Gasteiger charge is 2.15. The smallest absolute Gasteiger partial charge is 0.340 e. The van der Waals surface area contributed by atoms with Gasteiger partial charge in [0.25, 0.3) is 0 Å². The summed E-state index contributed by atoms with van der Waals surface area (Å²) in [6, 6.07) is 20.9. The lowest BCUT2D eigenvalue weighted by atomic mass is 9.99. The van der Waals surface area contributed by atoms with Gasteiger partial charge >= 0.3 is 5.63 Å². The first-order chi connectivity index (χ1) is 14.5. The minimum absolute atomic E-state index is 0.317. The fourth-order valence-corrected chi connectivity index (χ4v) is 3.65. The van der Waals surface area contributed by atoms with E-state index < -0.39 is 0 Å². The summed E-state index contributed by atoms with van der Waals surface area (Å²) in [5, 5.41) is 1.27. The summed E-state index contributed by atoms with van der Waals surface area (Å²) in [5.41, 5.74) is 3.61. The van der Waals surface area contributed by atoms with Gasteiger partial charge in [0, 0.05) is 23.4 Å². The van der Waals surface area contributed by atoms with Gasteiger partial charge in [0.15, 0.2) is 0 Å². The second-order valence-electron chi connectivity index (χ2n) is 7.07. The molecule has 5 heteroatoms. The predicted octanol–water partition coefficient (Wildman–Crippen LogP) is 5.93. The van der Waals surface area contributed by atoms with Crippen molar-refractivity contribution in [3.63, 3.8) is 0 Å². The largest absolute Gasteiger partial charge is 0.497 e. The third kappa shape index (κ3) is 4.19. The third-order valence-electron chi connectivity index (χ3n) is 5.09. The highest BCUT2D eigenvalue weighted by atomic mass is 35.5. The molecule has 3 aromatic carbocycles. The second-order valence-corrected chi connectivity index (χ2v) is 7.48. The maximum Gasteiger partial charge on any atom is 0.340 e. The summed E-state index contributed by atoms with van der Waals surface area (Å²) in [7, 11) is 1.62. The van der Waals surface area contributed by atoms with Crippen LogP contribution in [0.1, 0.15) is 22.3 Å². The van der Waals surface area contributed by atoms with Crippen LogP contribution in [0, 0.1) is 6.92 Å². The Morgan fingerprint density at radius 3 is 2.50 bits per heavy atom. The summed E-state index contributed by atoms with van der Waals surface area (Å²) in [6.07, 6.45) is 0.511. The van der Waals surface area contributed by atoms with Crippen LogP contribution in [-0.2, 0) is 13.0 Å². The van der Waals surface area contributed by atoms with Crippen molar-refractivity contribution in [2.24, 2.45) is 0 Å². The fourth-order valence-electron chi connectivity index (χ4n) is 3.43. The Hall–Kier alpha value is -3.24. The third-order valence-corrected chi connectivity index (χ3v) is 5.39. The Balaban J connectivity index is 1.65. The van der Waals surface area contributed by atoms with Crippen LogP contribution in [0.2, 0.25) is 5.02 Å². The number of rotatable bonds is 6. The molecule has 0 atom stereocenters. The van der Waals surface area contributed by atoms with E-state index in [4.69, 9.17) is 25.5 Å². The van der Waals surface area contributed by atoms with Crippen LogP contribution >= 0.6 is 11.6 Å². The Morgan fingerprint density at radius 2 is 1.73 bits per heavy atom. The van der Waals surface area contributed by atoms with Crippen LogP contribution in [0.25, 0.3) is 11.0 Å². The van der Waals surface area contributed by atoms with Gasteiger partial charge in [0.05, 0.1) is 12.1 Å². The molecule has 0 aliphatic rings. The van der Waals surface area contributed by atoms with Crippen molar-refractivity contribution in [2.75, 3.05) is 7.11 Å². The van der Waals surface area contributed by atoms with Crippen molar-refractivity contribution in [1.29, 1.82) is 0 Å². The van der Waals surface area contributed by atoms with E-state index in [0.717, 1.165) is 27.8 Å². The van der Waals surface area contributed by atoms with E-state index in [2.05, 4.69) is 0 Å². The van der Waals surface area contributed by atoms with E-state index in [9.17, 15) is 4.79 Å². The van der Waals surface area contributed by atoms with Crippen molar-refractivity contribution < 1.29 is 13.9 Å². The maximum atomic E-state index is 12.7. The minimum atomic E-state index is -0.343. The number of benzene rings is 3. The van der Waals surface area contributed by atoms with Crippen molar-refractivity contribution >= 4 is 22.6 Å². The van der Waals surface area contributed by atoms with Gasteiger partial charge in [0.1, 0.15) is 23.7 Å². The number of ether oxygens (including phenoxy) is 2. The molecule has 0 saturated heterocycles. The summed E-state index contributed by atoms with van der Waals surface area (Å²) < 4.78 is 16.7. The van der Waals surface area contributed by atoms with E-state index in [1.54, 1.807) is 19.2 Å². The molecule has 0 aliphatic carbocycles. The molecule has 1 aromatic heterocycles. The van der Waals surface area contributed by atoms with Crippen molar-refractivity contribution in [2.45, 2.75) is 20.0 Å². The topological polar surface area (TPSA) is 48.7 Å². The van der Waals surface area contributed by atoms with Crippen LogP contribution in [-0.4, -0.2) is 7.11 Å². The summed E-state index contributed by atoms with van der Waals surface area (Å²) in [6.45, 7) is 2.24. The maximum absolute atomic E-state index is 12.7. The normalized spacial score (nSPS) is 10.9. The fraction of sp³-hybridized carbons (Fsp3) is 0.160. The lowest BCUT2D eigenvalue weighted by Crippen LogP contribution is -2.11. The lowest BCUT2D eigenvalue weighted by Gasteiger charge is -2.12. The summed E-state index contributed by atoms with van der Waals surface area (Å²) >= 11 is 6.48. The quantitative estimate of drug-likeness (QED) is 0.362. The SMILES string of the molecule is COc1cccc(COc2cc3oc(=O)c(Cc4ccccc4)c(C)c3cc2Cl)c1. The molecular formula is C25H21ClO4. The Kier molecular flexibility index (Phi) is 5.77. The van der Waals surface area contributed by atoms with Crippen molar-refractivity contribution in [3.8, 4) is 11.5 Å². The van der Waals surface area contributed by atoms with Crippen LogP contribution in [0.5, 0.6) is 11.5 Å². The van der Waals surface area contributed by atoms with Gasteiger partial charge in [-0.2, -0.15) is 0 Å². The zero-order valence-corrected chi connectivity index (χ0v) is 17.5. The molecule has 0 saturated carbocycles. The number of hydrogen-bond donors (Lipinski definition) is 0. The van der Waals surface area contributed by atoms with Crippen LogP contribution in [0.3, 0.4) is 0 Å². The number of halogens is 1. The van der Waals surface area contributed by atoms with Crippen LogP contribution in [0.15, 0.2) is 75.9 Å². The molecule has 4 rings (SSSR count). The average Bonchev–Trinajstić information content (AvgIpc) is 2.77. The lowest BCUT2D eigenvalue weighted by molar-refractivity contribution is 0.305. The van der Waals surface area contributed by atoms with Crippen LogP contribution < -0.4 is 15.1 Å². The first-order valence-electron chi connectivity index (χ1n) is 9.60. The highest BCUT2D eigenvalue weighted by Crippen LogP contribution is 2.33. The standard InChI is InChI=1S/C25H21ClO4/c1-16-20-13-22(26)24(29-15-18-9-6-10-19(11-18)28-2)14-23(20)30-25(27)21(16)12-17-7-4-3-5-8-17/h3-11,13-14H,12,15H2,1-2H3. The number of methoxy groups -OCH3 is 1. The molecule has 0 N–H and O–H groups in total. The zero-order valence-electron chi connectivity index (χ0n) is 16.8. The molecule has 0 bridgehead atoms. The molecule has 1 heterocycles. The van der Waals surface area contributed by atoms with E-state index in [1.165, 1.54) is 0 Å². The zero-order chi connectivity index (χ0) is 21.1. The van der Waals surface area contributed by atoms with Gasteiger partial charge in [-0.05, 0) is 41.8 Å². The minimum Gasteiger partial charge on any atom is -0.497 e. The number of aryl methyl sites for hydroxylation is 1. The van der Waals surface area contributed by atoms with E-state index in [1.807, 2.05) is 61.5 Å². The van der Waals surface area contributed by atoms with Crippen molar-refractivity contribution in [3.05, 3.63) is 104 Å². The number of hydrogen-bond acceptors (Lipinski definition) is 4. The second kappa shape index (κ2) is 8.64. The van der Waals surface area contributed by atoms with E-state index >= 15 is 0 Å². The van der Waals surface area contributed by atoms with Gasteiger partial charge < -0.3 is 13.9 Å². The first-order valence-corrected chi connectivity index (χ1v) is 9.98. The molecule has 152 valence electrons. The Bertz CT molecular complexity index is 1250. The molecule has 30 heavy (non-hydrogen) atoms. The van der Waals surface area contributed by atoms with E-state index in [-0.39, 0.29) is 5.63 Å². The molecule has 0 amide bonds. The molecule has 4 aromatic rings. The van der Waals surface area contributed by atoms with Crippen molar-refractivity contribution in [1.82, 2.24) is 0 Å². The summed E-state index contributed by atoms with van der Waals surface area (Å²) in [4.78, 5) is 12.7. The van der Waals surface area contributed by atoms with Gasteiger partial charge in [-0.1, -0.05) is 54.1 Å². The highest BCUT2D eigenvalue weighted by molar-refractivity contribution is 6.32. The Morgan fingerprint density at radius 1 is 0.967 bits per heavy atom. The predicted molar refractivity (Wildman–Crippen MR) is 119 cm³/mol. The molecule has 0 radical (unpaired) electrons. The molecule has 0 fully saturated rings. The van der Waals surface area contributed by atoms with Gasteiger partial charge in [-0.15, -0.1) is 0 Å². The van der Waals surface area contributed by atoms with Gasteiger partial charge in [-0.25, -0.2) is 4.79 Å². The molecule has 4 nitrogen and oxygen atoms in total. The molecule has 0 unspecified atom stereocenters. The molecular weight excluding hydrogens is 400 g/mol. The summed E-state index contributed by atoms with van der Waals surface area (Å²) in [5.74, 6) is 1.22. The molecule has 0 aliphatic heterocycles. The van der Waals surface area contributed by atoms with Crippen LogP contribution in [0.4, 0.5) is 0 Å². The van der Waals surface area contributed by atoms with Gasteiger partial charge in [0.2, 0.25) is 0 Å². The first kappa shape index (κ1) is 20.0. The number of fused-ring (bicyclic) bond motifs is 1.